The molecule has 2 N–H and O–H groups in total. The van der Waals surface area contributed by atoms with E-state index in [0.29, 0.717) is 52.2 Å². The van der Waals surface area contributed by atoms with E-state index in [4.69, 9.17) is 24.2 Å². The number of rotatable bonds is 12. The Hall–Kier alpha value is -3.82. The van der Waals surface area contributed by atoms with Gasteiger partial charge in [-0.3, -0.25) is 14.8 Å². The Kier molecular flexibility index (Phi) is 9.40. The van der Waals surface area contributed by atoms with Crippen molar-refractivity contribution in [2.24, 2.45) is 0 Å². The summed E-state index contributed by atoms with van der Waals surface area (Å²) in [5.74, 6) is 1.21. The molecule has 1 heterocycles. The summed E-state index contributed by atoms with van der Waals surface area (Å²) in [7, 11) is 4.78. The first-order valence-electron chi connectivity index (χ1n) is 11.5. The summed E-state index contributed by atoms with van der Waals surface area (Å²) in [6, 6.07) is 19.8. The lowest BCUT2D eigenvalue weighted by atomic mass is 10.1. The maximum atomic E-state index is 13.5. The van der Waals surface area contributed by atoms with Crippen molar-refractivity contribution in [1.29, 1.82) is 5.26 Å². The number of anilines is 1. The topological polar surface area (TPSA) is 115 Å². The van der Waals surface area contributed by atoms with E-state index in [0.717, 1.165) is 9.60 Å². The van der Waals surface area contributed by atoms with E-state index in [-0.39, 0.29) is 5.91 Å². The number of carbonyl (C=O) groups is 1. The zero-order chi connectivity index (χ0) is 26.9. The number of nitriles is 1. The number of nitrogens with zero attached hydrogens (tertiary/aromatic N) is 2. The molecule has 4 aromatic rings. The maximum absolute atomic E-state index is 13.5. The number of aromatic nitrogens is 1. The third kappa shape index (κ3) is 6.73. The predicted octanol–water partition coefficient (Wildman–Crippen LogP) is 5.19. The normalized spacial score (nSPS) is 11.5. The largest absolute Gasteiger partial charge is 0.493 e. The van der Waals surface area contributed by atoms with Crippen LogP contribution in [0.3, 0.4) is 0 Å². The average Bonchev–Trinajstić information content (AvgIpc) is 3.34. The van der Waals surface area contributed by atoms with Crippen molar-refractivity contribution in [3.05, 3.63) is 71.8 Å². The van der Waals surface area contributed by atoms with Crippen LogP contribution in [0, 0.1) is 11.3 Å². The van der Waals surface area contributed by atoms with Crippen LogP contribution in [0.5, 0.6) is 17.2 Å². The molecule has 0 aliphatic carbocycles. The molecule has 38 heavy (non-hydrogen) atoms. The molecule has 0 saturated heterocycles. The monoisotopic (exact) mass is 550 g/mol. The highest BCUT2D eigenvalue weighted by atomic mass is 32.2. The summed E-state index contributed by atoms with van der Waals surface area (Å²) in [4.78, 5) is 19.0. The van der Waals surface area contributed by atoms with E-state index in [1.807, 2.05) is 30.3 Å². The third-order valence-electron chi connectivity index (χ3n) is 5.38. The van der Waals surface area contributed by atoms with Crippen LogP contribution in [-0.2, 0) is 9.53 Å². The zero-order valence-electron chi connectivity index (χ0n) is 21.0. The lowest BCUT2D eigenvalue weighted by Gasteiger charge is -2.19. The predicted molar refractivity (Wildman–Crippen MR) is 148 cm³/mol. The SMILES string of the molecule is COCCNSc1ccc(C(Oc2ccc(C#N)cc2)C(=O)Nc2nc3cc(OC)c(OC)cc3s2)cc1. The van der Waals surface area contributed by atoms with Gasteiger partial charge in [0.05, 0.1) is 42.7 Å². The highest BCUT2D eigenvalue weighted by molar-refractivity contribution is 7.97. The van der Waals surface area contributed by atoms with E-state index >= 15 is 0 Å². The number of fused-ring (bicyclic) bond motifs is 1. The van der Waals surface area contributed by atoms with Crippen molar-refractivity contribution in [2.75, 3.05) is 39.8 Å². The molecule has 0 saturated carbocycles. The molecule has 0 spiro atoms. The Morgan fingerprint density at radius 3 is 2.42 bits per heavy atom. The van der Waals surface area contributed by atoms with Crippen molar-refractivity contribution in [2.45, 2.75) is 11.0 Å². The number of methoxy groups -OCH3 is 3. The number of hydrogen-bond acceptors (Lipinski definition) is 10. The van der Waals surface area contributed by atoms with E-state index in [1.54, 1.807) is 51.7 Å². The van der Waals surface area contributed by atoms with Gasteiger partial charge in [-0.05, 0) is 48.3 Å². The van der Waals surface area contributed by atoms with Crippen molar-refractivity contribution < 1.29 is 23.7 Å². The number of carbonyl (C=O) groups excluding carboxylic acids is 1. The van der Waals surface area contributed by atoms with Crippen molar-refractivity contribution in [3.63, 3.8) is 0 Å². The van der Waals surface area contributed by atoms with Gasteiger partial charge in [-0.25, -0.2) is 4.98 Å². The van der Waals surface area contributed by atoms with Crippen LogP contribution < -0.4 is 24.2 Å². The molecule has 196 valence electrons. The van der Waals surface area contributed by atoms with Gasteiger partial charge in [0.1, 0.15) is 5.75 Å². The van der Waals surface area contributed by atoms with E-state index in [2.05, 4.69) is 21.1 Å². The Morgan fingerprint density at radius 2 is 1.76 bits per heavy atom. The second-order valence-corrected chi connectivity index (χ2v) is 9.87. The van der Waals surface area contributed by atoms with E-state index in [1.165, 1.54) is 23.3 Å². The van der Waals surface area contributed by atoms with Gasteiger partial charge in [0.15, 0.2) is 16.6 Å². The molecule has 4 rings (SSSR count). The van der Waals surface area contributed by atoms with Crippen molar-refractivity contribution in [3.8, 4) is 23.3 Å². The number of nitrogens with one attached hydrogen (secondary N) is 2. The fraction of sp³-hybridized carbons (Fsp3) is 0.222. The van der Waals surface area contributed by atoms with Gasteiger partial charge in [-0.2, -0.15) is 5.26 Å². The molecule has 0 radical (unpaired) electrons. The van der Waals surface area contributed by atoms with Crippen molar-refractivity contribution in [1.82, 2.24) is 9.71 Å². The van der Waals surface area contributed by atoms with Crippen LogP contribution >= 0.6 is 23.3 Å². The molecule has 0 bridgehead atoms. The molecule has 9 nitrogen and oxygen atoms in total. The number of amides is 1. The molecule has 1 atom stereocenters. The Balaban J connectivity index is 1.57. The van der Waals surface area contributed by atoms with Gasteiger partial charge in [0.2, 0.25) is 6.10 Å². The van der Waals surface area contributed by atoms with Crippen LogP contribution in [0.2, 0.25) is 0 Å². The van der Waals surface area contributed by atoms with Crippen LogP contribution in [0.15, 0.2) is 65.6 Å². The van der Waals surface area contributed by atoms with Crippen LogP contribution in [-0.4, -0.2) is 45.4 Å². The highest BCUT2D eigenvalue weighted by Crippen LogP contribution is 2.36. The Morgan fingerprint density at radius 1 is 1.05 bits per heavy atom. The number of hydrogen-bond donors (Lipinski definition) is 2. The van der Waals surface area contributed by atoms with Gasteiger partial charge >= 0.3 is 0 Å². The fourth-order valence-corrected chi connectivity index (χ4v) is 4.99. The lowest BCUT2D eigenvalue weighted by Crippen LogP contribution is -2.25. The Labute approximate surface area is 228 Å². The minimum Gasteiger partial charge on any atom is -0.493 e. The second kappa shape index (κ2) is 13.1. The standard InChI is InChI=1S/C27H26N4O5S2/c1-33-13-12-29-38-20-10-6-18(7-11-20)25(36-19-8-4-17(16-28)5-9-19)26(32)31-27-30-21-14-22(34-2)23(35-3)15-24(21)37-27/h4-11,14-15,25,29H,12-13H2,1-3H3,(H,30,31,32). The van der Waals surface area contributed by atoms with Crippen LogP contribution in [0.4, 0.5) is 5.13 Å². The number of thiazole rings is 1. The Bertz CT molecular complexity index is 1380. The molecular formula is C27H26N4O5S2. The molecule has 3 aromatic carbocycles. The molecule has 1 amide bonds. The van der Waals surface area contributed by atoms with Crippen LogP contribution in [0.25, 0.3) is 10.2 Å². The fourth-order valence-electron chi connectivity index (χ4n) is 3.49. The van der Waals surface area contributed by atoms with Gasteiger partial charge in [-0.1, -0.05) is 23.5 Å². The minimum atomic E-state index is -0.959. The van der Waals surface area contributed by atoms with Gasteiger partial charge < -0.3 is 18.9 Å². The lowest BCUT2D eigenvalue weighted by molar-refractivity contribution is -0.123. The molecule has 11 heteroatoms. The summed E-state index contributed by atoms with van der Waals surface area (Å²) in [5.41, 5.74) is 1.84. The van der Waals surface area contributed by atoms with Gasteiger partial charge in [0.25, 0.3) is 5.91 Å². The number of ether oxygens (including phenoxy) is 4. The van der Waals surface area contributed by atoms with E-state index < -0.39 is 6.10 Å². The smallest absolute Gasteiger partial charge is 0.271 e. The third-order valence-corrected chi connectivity index (χ3v) is 7.17. The summed E-state index contributed by atoms with van der Waals surface area (Å²) in [6.07, 6.45) is -0.959. The molecule has 1 aromatic heterocycles. The molecular weight excluding hydrogens is 524 g/mol. The first kappa shape index (κ1) is 27.2. The second-order valence-electron chi connectivity index (χ2n) is 7.88. The van der Waals surface area contributed by atoms with Gasteiger partial charge in [-0.15, -0.1) is 0 Å². The first-order chi connectivity index (χ1) is 18.5. The minimum absolute atomic E-state index is 0.383. The van der Waals surface area contributed by atoms with Crippen LogP contribution in [0.1, 0.15) is 17.2 Å². The molecule has 1 unspecified atom stereocenters. The summed E-state index contributed by atoms with van der Waals surface area (Å²) >= 11 is 2.80. The average molecular weight is 551 g/mol. The summed E-state index contributed by atoms with van der Waals surface area (Å²) in [6.45, 7) is 1.31. The first-order valence-corrected chi connectivity index (χ1v) is 13.2. The maximum Gasteiger partial charge on any atom is 0.271 e. The number of benzene rings is 3. The van der Waals surface area contributed by atoms with E-state index in [9.17, 15) is 4.79 Å². The summed E-state index contributed by atoms with van der Waals surface area (Å²) in [5, 5.41) is 12.4. The van der Waals surface area contributed by atoms with Gasteiger partial charge in [0, 0.05) is 36.2 Å². The quantitative estimate of drug-likeness (QED) is 0.182. The molecule has 0 aliphatic heterocycles. The summed E-state index contributed by atoms with van der Waals surface area (Å²) < 4.78 is 25.9. The molecule has 0 aliphatic rings. The van der Waals surface area contributed by atoms with Crippen molar-refractivity contribution >= 4 is 44.5 Å². The highest BCUT2D eigenvalue weighted by Gasteiger charge is 2.24. The zero-order valence-corrected chi connectivity index (χ0v) is 22.7. The molecule has 0 fully saturated rings.